The van der Waals surface area contributed by atoms with Gasteiger partial charge in [0.25, 0.3) is 0 Å². The highest BCUT2D eigenvalue weighted by molar-refractivity contribution is 7.77. The zero-order valence-corrected chi connectivity index (χ0v) is 24.9. The van der Waals surface area contributed by atoms with Crippen LogP contribution in [0.5, 0.6) is 0 Å². The van der Waals surface area contributed by atoms with Crippen LogP contribution in [0.15, 0.2) is 0 Å². The Morgan fingerprint density at radius 1 is 0.406 bits per heavy atom. The van der Waals surface area contributed by atoms with E-state index in [2.05, 4.69) is 27.7 Å². The minimum Gasteiger partial charge on any atom is -0.0959 e. The van der Waals surface area contributed by atoms with Crippen LogP contribution < -0.4 is 0 Å². The van der Waals surface area contributed by atoms with E-state index in [0.717, 1.165) is 4.90 Å². The van der Waals surface area contributed by atoms with Crippen molar-refractivity contribution >= 4 is 15.8 Å². The van der Waals surface area contributed by atoms with Crippen LogP contribution in [0, 0.1) is 0 Å². The Morgan fingerprint density at radius 2 is 0.719 bits per heavy atom. The van der Waals surface area contributed by atoms with E-state index < -0.39 is 0 Å². The Bertz CT molecular complexity index is 334. The monoisotopic (exact) mass is 484 g/mol. The molecule has 0 heterocycles. The quantitative estimate of drug-likeness (QED) is 0.106. The van der Waals surface area contributed by atoms with Crippen molar-refractivity contribution < 1.29 is 0 Å². The van der Waals surface area contributed by atoms with Crippen molar-refractivity contribution in [3.8, 4) is 0 Å². The smallest absolute Gasteiger partial charge is 0.0106 e. The largest absolute Gasteiger partial charge is 0.0959 e. The van der Waals surface area contributed by atoms with E-state index in [0.29, 0.717) is 0 Å². The predicted octanol–water partition coefficient (Wildman–Crippen LogP) is 11.9. The van der Waals surface area contributed by atoms with Crippen LogP contribution in [0.25, 0.3) is 0 Å². The Balaban J connectivity index is 2.97. The first kappa shape index (κ1) is 30.9. The molecule has 0 N–H and O–H groups in total. The molecule has 1 aliphatic rings. The maximum Gasteiger partial charge on any atom is 0.0106 e. The lowest BCUT2D eigenvalue weighted by molar-refractivity contribution is 0.475. The molecule has 0 aromatic carbocycles. The van der Waals surface area contributed by atoms with Crippen LogP contribution in [0.3, 0.4) is 0 Å². The van der Waals surface area contributed by atoms with Gasteiger partial charge in [-0.15, -0.1) is 0 Å². The number of hydrogen-bond acceptors (Lipinski definition) is 0. The lowest BCUT2D eigenvalue weighted by atomic mass is 9.99. The van der Waals surface area contributed by atoms with Crippen LogP contribution in [-0.2, 0) is 0 Å². The summed E-state index contributed by atoms with van der Waals surface area (Å²) in [6, 6.07) is 0. The molecular formula is C30H62P2. The normalized spacial score (nSPS) is 16.3. The van der Waals surface area contributed by atoms with Crippen molar-refractivity contribution in [1.29, 1.82) is 0 Å². The van der Waals surface area contributed by atoms with Crippen LogP contribution in [0.1, 0.15) is 163 Å². The third-order valence-corrected chi connectivity index (χ3v) is 16.3. The minimum absolute atomic E-state index is 0.244. The molecule has 192 valence electrons. The Kier molecular flexibility index (Phi) is 20.4. The Labute approximate surface area is 207 Å². The maximum absolute atomic E-state index is 2.38. The molecule has 0 spiro atoms. The first-order valence-corrected chi connectivity index (χ1v) is 18.7. The second-order valence-corrected chi connectivity index (χ2v) is 16.8. The summed E-state index contributed by atoms with van der Waals surface area (Å²) >= 11 is 0. The molecule has 0 amide bonds. The molecule has 0 unspecified atom stereocenters. The van der Waals surface area contributed by atoms with Gasteiger partial charge < -0.3 is 0 Å². The molecule has 0 aliphatic heterocycles. The third-order valence-electron chi connectivity index (χ3n) is 7.96. The van der Waals surface area contributed by atoms with Gasteiger partial charge in [0, 0.05) is 4.90 Å². The van der Waals surface area contributed by atoms with Crippen molar-refractivity contribution in [3.05, 3.63) is 0 Å². The lowest BCUT2D eigenvalue weighted by Crippen LogP contribution is -2.32. The van der Waals surface area contributed by atoms with E-state index in [4.69, 9.17) is 0 Å². The van der Waals surface area contributed by atoms with Gasteiger partial charge in [0.15, 0.2) is 0 Å². The molecule has 1 rings (SSSR count). The summed E-state index contributed by atoms with van der Waals surface area (Å²) in [7, 11) is 0.488. The molecule has 0 aromatic rings. The van der Waals surface area contributed by atoms with Crippen molar-refractivity contribution in [2.75, 3.05) is 24.6 Å². The fourth-order valence-electron chi connectivity index (χ4n) is 5.92. The molecule has 0 radical (unpaired) electrons. The van der Waals surface area contributed by atoms with Crippen molar-refractivity contribution in [2.24, 2.45) is 0 Å². The van der Waals surface area contributed by atoms with E-state index in [1.807, 2.05) is 0 Å². The van der Waals surface area contributed by atoms with Gasteiger partial charge in [0.1, 0.15) is 0 Å². The summed E-state index contributed by atoms with van der Waals surface area (Å²) in [5, 5.41) is 0. The van der Waals surface area contributed by atoms with E-state index in [1.54, 1.807) is 76.0 Å². The highest BCUT2D eigenvalue weighted by atomic mass is 31.2. The average Bonchev–Trinajstić information content (AvgIpc) is 2.82. The number of unbranched alkanes of at least 4 members (excludes halogenated alkanes) is 12. The third kappa shape index (κ3) is 12.5. The topological polar surface area (TPSA) is 0 Å². The van der Waals surface area contributed by atoms with Gasteiger partial charge in [-0.3, -0.25) is 0 Å². The van der Waals surface area contributed by atoms with Gasteiger partial charge in [0.05, 0.1) is 0 Å². The second kappa shape index (κ2) is 21.2. The van der Waals surface area contributed by atoms with Gasteiger partial charge >= 0.3 is 0 Å². The van der Waals surface area contributed by atoms with Crippen LogP contribution >= 0.6 is 15.8 Å². The molecular weight excluding hydrogens is 422 g/mol. The summed E-state index contributed by atoms with van der Waals surface area (Å²) < 4.78 is 0. The number of rotatable bonds is 22. The first-order chi connectivity index (χ1) is 15.7. The SMILES string of the molecule is CCCCCCP(CCCCCC)C1(P(CCCCCC)CCCCCC)CCCCC1. The van der Waals surface area contributed by atoms with Crippen molar-refractivity contribution in [2.45, 2.75) is 167 Å². The maximum atomic E-state index is 2.38. The summed E-state index contributed by atoms with van der Waals surface area (Å²) in [6.45, 7) is 9.51. The molecule has 0 atom stereocenters. The number of hydrogen-bond donors (Lipinski definition) is 0. The molecule has 32 heavy (non-hydrogen) atoms. The van der Waals surface area contributed by atoms with Gasteiger partial charge in [0.2, 0.25) is 0 Å². The highest BCUT2D eigenvalue weighted by Crippen LogP contribution is 2.73. The van der Waals surface area contributed by atoms with E-state index in [9.17, 15) is 0 Å². The fourth-order valence-corrected chi connectivity index (χ4v) is 15.2. The highest BCUT2D eigenvalue weighted by Gasteiger charge is 2.44. The zero-order valence-electron chi connectivity index (χ0n) is 23.1. The van der Waals surface area contributed by atoms with Crippen molar-refractivity contribution in [1.82, 2.24) is 0 Å². The molecule has 0 saturated heterocycles. The fraction of sp³-hybridized carbons (Fsp3) is 1.00. The molecule has 1 saturated carbocycles. The van der Waals surface area contributed by atoms with Gasteiger partial charge in [-0.1, -0.05) is 140 Å². The predicted molar refractivity (Wildman–Crippen MR) is 156 cm³/mol. The summed E-state index contributed by atoms with van der Waals surface area (Å²) in [5.41, 5.74) is 0. The second-order valence-electron chi connectivity index (χ2n) is 10.8. The summed E-state index contributed by atoms with van der Waals surface area (Å²) in [4.78, 5) is 0.833. The van der Waals surface area contributed by atoms with E-state index in [1.165, 1.54) is 83.5 Å². The van der Waals surface area contributed by atoms with Crippen LogP contribution in [-0.4, -0.2) is 29.5 Å². The first-order valence-electron chi connectivity index (χ1n) is 15.2. The molecule has 0 aromatic heterocycles. The molecule has 2 heteroatoms. The minimum atomic E-state index is 0.244. The Hall–Kier alpha value is 0.860. The van der Waals surface area contributed by atoms with Crippen LogP contribution in [0.2, 0.25) is 0 Å². The van der Waals surface area contributed by atoms with Crippen molar-refractivity contribution in [3.63, 3.8) is 0 Å². The molecule has 1 aliphatic carbocycles. The molecule has 1 fully saturated rings. The van der Waals surface area contributed by atoms with Gasteiger partial charge in [-0.2, -0.15) is 0 Å². The standard InChI is InChI=1S/C30H62P2/c1-5-9-13-20-26-31(27-21-14-10-6-2)30(24-18-17-19-25-30)32(28-22-15-11-7-3)29-23-16-12-8-4/h5-29H2,1-4H3. The zero-order chi connectivity index (χ0) is 23.3. The molecule has 0 bridgehead atoms. The summed E-state index contributed by atoms with van der Waals surface area (Å²) in [5.74, 6) is 0. The van der Waals surface area contributed by atoms with Gasteiger partial charge in [-0.05, 0) is 63.2 Å². The average molecular weight is 485 g/mol. The van der Waals surface area contributed by atoms with E-state index >= 15 is 0 Å². The molecule has 0 nitrogen and oxygen atoms in total. The van der Waals surface area contributed by atoms with Gasteiger partial charge in [-0.25, -0.2) is 0 Å². The van der Waals surface area contributed by atoms with Crippen LogP contribution in [0.4, 0.5) is 0 Å². The lowest BCUT2D eigenvalue weighted by Gasteiger charge is -2.50. The Morgan fingerprint density at radius 3 is 1.00 bits per heavy atom. The van der Waals surface area contributed by atoms with E-state index in [-0.39, 0.29) is 15.8 Å². The summed E-state index contributed by atoms with van der Waals surface area (Å²) in [6.07, 6.45) is 38.1.